The molecule has 20 heteroatoms. The van der Waals surface area contributed by atoms with E-state index in [0.29, 0.717) is 0 Å². The van der Waals surface area contributed by atoms with E-state index in [1.807, 2.05) is 0 Å². The number of hydrogen-bond donors (Lipinski definition) is 12. The van der Waals surface area contributed by atoms with Gasteiger partial charge in [-0.15, -0.1) is 24.0 Å². The summed E-state index contributed by atoms with van der Waals surface area (Å²) >= 11 is 0. The SMILES string of the molecule is I.OB(O)O.OB(O)O.OB(O)O.OB(O)O.[Zr].[Zr].[Zr]. The maximum atomic E-state index is 7.17. The molecule has 0 heterocycles. The third-order valence-corrected chi connectivity index (χ3v) is 0. The van der Waals surface area contributed by atoms with Crippen molar-refractivity contribution < 1.29 is 139 Å². The van der Waals surface area contributed by atoms with Gasteiger partial charge in [0.05, 0.1) is 0 Å². The molecule has 0 aliphatic carbocycles. The smallest absolute Gasteiger partial charge is 0.402 e. The van der Waals surface area contributed by atoms with E-state index < -0.39 is 29.3 Å². The van der Waals surface area contributed by atoms with Gasteiger partial charge >= 0.3 is 29.3 Å². The molecular weight excluding hydrogens is 636 g/mol. The molecule has 0 radical (unpaired) electrons. The summed E-state index contributed by atoms with van der Waals surface area (Å²) in [7, 11) is -8.67. The van der Waals surface area contributed by atoms with Crippen molar-refractivity contribution in [1.29, 1.82) is 0 Å². The van der Waals surface area contributed by atoms with E-state index >= 15 is 0 Å². The van der Waals surface area contributed by atoms with Crippen molar-refractivity contribution >= 4 is 53.3 Å². The van der Waals surface area contributed by atoms with E-state index in [0.717, 1.165) is 0 Å². The summed E-state index contributed by atoms with van der Waals surface area (Å²) in [6, 6.07) is 0. The average molecular weight is 649 g/mol. The Bertz CT molecular complexity index is 73.7. The first-order valence-corrected chi connectivity index (χ1v) is 3.10. The summed E-state index contributed by atoms with van der Waals surface area (Å²) in [5.41, 5.74) is 0. The van der Waals surface area contributed by atoms with Crippen molar-refractivity contribution in [2.75, 3.05) is 0 Å². The molecule has 0 saturated heterocycles. The van der Waals surface area contributed by atoms with Crippen LogP contribution in [0.2, 0.25) is 0 Å². The van der Waals surface area contributed by atoms with E-state index in [9.17, 15) is 0 Å². The van der Waals surface area contributed by atoms with Gasteiger partial charge in [0.1, 0.15) is 0 Å². The molecule has 12 N–H and O–H groups in total. The summed E-state index contributed by atoms with van der Waals surface area (Å²) in [6.45, 7) is 0. The predicted molar refractivity (Wildman–Crippen MR) is 65.1 cm³/mol. The molecule has 0 spiro atoms. The van der Waals surface area contributed by atoms with Gasteiger partial charge in [0, 0.05) is 78.6 Å². The molecule has 0 rings (SSSR count). The van der Waals surface area contributed by atoms with E-state index in [1.165, 1.54) is 0 Å². The first-order chi connectivity index (χ1) is 6.93. The molecule has 0 atom stereocenters. The van der Waals surface area contributed by atoms with Crippen molar-refractivity contribution in [2.24, 2.45) is 0 Å². The number of halogens is 1. The fourth-order valence-electron chi connectivity index (χ4n) is 0. The van der Waals surface area contributed by atoms with Crippen LogP contribution in [0.5, 0.6) is 0 Å². The molecule has 116 valence electrons. The minimum Gasteiger partial charge on any atom is -0.402 e. The van der Waals surface area contributed by atoms with Crippen LogP contribution in [0.25, 0.3) is 0 Å². The Morgan fingerprint density at radius 1 is 0.300 bits per heavy atom. The van der Waals surface area contributed by atoms with E-state index in [2.05, 4.69) is 0 Å². The van der Waals surface area contributed by atoms with Gasteiger partial charge in [0.15, 0.2) is 0 Å². The fraction of sp³-hybridized carbons (Fsp3) is 0. The Morgan fingerprint density at radius 2 is 0.300 bits per heavy atom. The zero-order valence-corrected chi connectivity index (χ0v) is 19.3. The summed E-state index contributed by atoms with van der Waals surface area (Å²) in [6.07, 6.45) is 0. The van der Waals surface area contributed by atoms with E-state index in [-0.39, 0.29) is 103 Å². The van der Waals surface area contributed by atoms with Crippen molar-refractivity contribution in [3.05, 3.63) is 0 Å². The van der Waals surface area contributed by atoms with Crippen molar-refractivity contribution in [2.45, 2.75) is 0 Å². The Hall–Kier alpha value is 3.16. The Labute approximate surface area is 190 Å². The van der Waals surface area contributed by atoms with Gasteiger partial charge in [-0.05, 0) is 0 Å². The van der Waals surface area contributed by atoms with Gasteiger partial charge < -0.3 is 60.3 Å². The number of rotatable bonds is 0. The predicted octanol–water partition coefficient (Wildman–Crippen LogP) is -7.60. The summed E-state index contributed by atoms with van der Waals surface area (Å²) in [5, 5.41) is 86.0. The van der Waals surface area contributed by atoms with Crippen LogP contribution in [-0.2, 0) is 78.6 Å². The minimum atomic E-state index is -2.17. The molecule has 0 bridgehead atoms. The first kappa shape index (κ1) is 49.5. The normalized spacial score (nSPS) is 5.40. The largest absolute Gasteiger partial charge is 0.631 e. The van der Waals surface area contributed by atoms with Crippen LogP contribution in [0, 0.1) is 0 Å². The van der Waals surface area contributed by atoms with Gasteiger partial charge in [-0.3, -0.25) is 0 Å². The molecule has 0 aliphatic rings. The van der Waals surface area contributed by atoms with Crippen molar-refractivity contribution in [3.8, 4) is 0 Å². The Kier molecular flexibility index (Phi) is 107. The van der Waals surface area contributed by atoms with Crippen LogP contribution in [0.1, 0.15) is 0 Å². The number of hydrogen-bond acceptors (Lipinski definition) is 12. The minimum absolute atomic E-state index is 0. The van der Waals surface area contributed by atoms with Crippen LogP contribution in [-0.4, -0.2) is 89.6 Å². The van der Waals surface area contributed by atoms with Crippen LogP contribution in [0.3, 0.4) is 0 Å². The average Bonchev–Trinajstić information content (AvgIpc) is 1.76. The second-order valence-electron chi connectivity index (χ2n) is 1.39. The Balaban J connectivity index is -0.0000000150. The maximum absolute atomic E-state index is 7.17. The Morgan fingerprint density at radius 3 is 0.300 bits per heavy atom. The molecule has 0 unspecified atom stereocenters. The molecule has 0 aromatic heterocycles. The van der Waals surface area contributed by atoms with Gasteiger partial charge in [0.2, 0.25) is 0 Å². The van der Waals surface area contributed by atoms with Crippen LogP contribution >= 0.6 is 24.0 Å². The van der Waals surface area contributed by atoms with Gasteiger partial charge in [-0.25, -0.2) is 0 Å². The molecule has 20 heavy (non-hydrogen) atoms. The van der Waals surface area contributed by atoms with Crippen LogP contribution < -0.4 is 0 Å². The zero-order valence-electron chi connectivity index (χ0n) is 9.58. The summed E-state index contributed by atoms with van der Waals surface area (Å²) in [5.74, 6) is 0. The van der Waals surface area contributed by atoms with Crippen molar-refractivity contribution in [3.63, 3.8) is 0 Å². The molecule has 0 amide bonds. The molecular formula is H13B4IO12Zr3. The van der Waals surface area contributed by atoms with Crippen LogP contribution in [0.4, 0.5) is 0 Å². The summed E-state index contributed by atoms with van der Waals surface area (Å²) in [4.78, 5) is 0. The molecule has 0 fully saturated rings. The summed E-state index contributed by atoms with van der Waals surface area (Å²) < 4.78 is 0. The van der Waals surface area contributed by atoms with Crippen molar-refractivity contribution in [1.82, 2.24) is 0 Å². The van der Waals surface area contributed by atoms with Gasteiger partial charge in [-0.2, -0.15) is 0 Å². The monoisotopic (exact) mass is 646 g/mol. The molecule has 0 aromatic rings. The van der Waals surface area contributed by atoms with Crippen LogP contribution in [0.15, 0.2) is 0 Å². The molecule has 0 saturated carbocycles. The van der Waals surface area contributed by atoms with E-state index in [1.54, 1.807) is 0 Å². The molecule has 0 aromatic carbocycles. The van der Waals surface area contributed by atoms with Gasteiger partial charge in [-0.1, -0.05) is 0 Å². The third-order valence-electron chi connectivity index (χ3n) is 0. The second-order valence-corrected chi connectivity index (χ2v) is 1.39. The fourth-order valence-corrected chi connectivity index (χ4v) is 0. The van der Waals surface area contributed by atoms with Gasteiger partial charge in [0.25, 0.3) is 0 Å². The second kappa shape index (κ2) is 43.2. The third kappa shape index (κ3) is 862. The molecule has 0 aliphatic heterocycles. The topological polar surface area (TPSA) is 243 Å². The first-order valence-electron chi connectivity index (χ1n) is 3.10. The zero-order chi connectivity index (χ0) is 14.3. The standard InChI is InChI=1S/4BH3O3.HI.3Zr/c4*2-1(3)4;;;;/h4*2-4H;1H;;;. The maximum Gasteiger partial charge on any atom is 0.631 e. The quantitative estimate of drug-likeness (QED) is 0.0866. The van der Waals surface area contributed by atoms with E-state index in [4.69, 9.17) is 60.3 Å². The molecule has 12 nitrogen and oxygen atoms in total.